The van der Waals surface area contributed by atoms with Gasteiger partial charge in [0.2, 0.25) is 5.88 Å². The first-order valence-corrected chi connectivity index (χ1v) is 4.25. The van der Waals surface area contributed by atoms with E-state index >= 15 is 0 Å². The van der Waals surface area contributed by atoms with Gasteiger partial charge in [0.25, 0.3) is 5.56 Å². The lowest BCUT2D eigenvalue weighted by Crippen LogP contribution is -2.21. The highest BCUT2D eigenvalue weighted by molar-refractivity contribution is 5.06. The minimum absolute atomic E-state index is 0.160. The highest BCUT2D eigenvalue weighted by atomic mass is 16.5. The van der Waals surface area contributed by atoms with Crippen LogP contribution in [-0.2, 0) is 6.54 Å². The van der Waals surface area contributed by atoms with Crippen molar-refractivity contribution >= 4 is 0 Å². The maximum atomic E-state index is 11.3. The number of rotatable bonds is 4. The third-order valence-corrected chi connectivity index (χ3v) is 1.63. The minimum Gasteiger partial charge on any atom is -0.480 e. The Balaban J connectivity index is 2.84. The van der Waals surface area contributed by atoms with Gasteiger partial charge >= 0.3 is 0 Å². The van der Waals surface area contributed by atoms with Gasteiger partial charge in [-0.3, -0.25) is 4.79 Å². The fourth-order valence-corrected chi connectivity index (χ4v) is 0.940. The number of methoxy groups -OCH3 is 1. The maximum absolute atomic E-state index is 11.3. The standard InChI is InChI=1S/C9H13N3O2/c1-14-8-4-5-9(13)12(11-8)7-3-2-6-10/h2-5H,6-7,10H2,1H3/b3-2+. The van der Waals surface area contributed by atoms with Crippen LogP contribution in [0.5, 0.6) is 5.88 Å². The van der Waals surface area contributed by atoms with Crippen LogP contribution in [0.25, 0.3) is 0 Å². The zero-order valence-corrected chi connectivity index (χ0v) is 8.01. The number of allylic oxidation sites excluding steroid dienone is 1. The molecular weight excluding hydrogens is 182 g/mol. The van der Waals surface area contributed by atoms with Crippen LogP contribution >= 0.6 is 0 Å². The van der Waals surface area contributed by atoms with E-state index in [0.29, 0.717) is 19.0 Å². The molecule has 0 spiro atoms. The summed E-state index contributed by atoms with van der Waals surface area (Å²) in [5, 5.41) is 3.95. The summed E-state index contributed by atoms with van der Waals surface area (Å²) >= 11 is 0. The van der Waals surface area contributed by atoms with Crippen LogP contribution in [0.4, 0.5) is 0 Å². The van der Waals surface area contributed by atoms with Gasteiger partial charge in [-0.05, 0) is 0 Å². The van der Waals surface area contributed by atoms with Crippen LogP contribution in [0, 0.1) is 0 Å². The highest BCUT2D eigenvalue weighted by Crippen LogP contribution is 1.98. The summed E-state index contributed by atoms with van der Waals surface area (Å²) in [7, 11) is 1.51. The van der Waals surface area contributed by atoms with Gasteiger partial charge in [-0.2, -0.15) is 0 Å². The lowest BCUT2D eigenvalue weighted by atomic mass is 10.5. The van der Waals surface area contributed by atoms with Gasteiger partial charge in [0.05, 0.1) is 13.7 Å². The van der Waals surface area contributed by atoms with Crippen LogP contribution in [0.15, 0.2) is 29.1 Å². The molecule has 0 fully saturated rings. The van der Waals surface area contributed by atoms with Crippen molar-refractivity contribution in [1.29, 1.82) is 0 Å². The summed E-state index contributed by atoms with van der Waals surface area (Å²) < 4.78 is 6.21. The molecule has 0 aliphatic rings. The first-order chi connectivity index (χ1) is 6.77. The van der Waals surface area contributed by atoms with Crippen LogP contribution in [0.1, 0.15) is 0 Å². The summed E-state index contributed by atoms with van der Waals surface area (Å²) in [6, 6.07) is 2.95. The predicted octanol–water partition coefficient (Wildman–Crippen LogP) is -0.233. The van der Waals surface area contributed by atoms with Crippen molar-refractivity contribution in [1.82, 2.24) is 9.78 Å². The first kappa shape index (κ1) is 10.5. The van der Waals surface area contributed by atoms with E-state index in [4.69, 9.17) is 10.5 Å². The summed E-state index contributed by atoms with van der Waals surface area (Å²) in [4.78, 5) is 11.3. The summed E-state index contributed by atoms with van der Waals surface area (Å²) in [6.45, 7) is 0.867. The third kappa shape index (κ3) is 2.70. The Morgan fingerprint density at radius 1 is 1.57 bits per heavy atom. The van der Waals surface area contributed by atoms with Crippen molar-refractivity contribution in [2.75, 3.05) is 13.7 Å². The Hall–Kier alpha value is -1.62. The number of hydrogen-bond donors (Lipinski definition) is 1. The molecule has 0 bridgehead atoms. The van der Waals surface area contributed by atoms with E-state index in [0.717, 1.165) is 0 Å². The minimum atomic E-state index is -0.160. The summed E-state index contributed by atoms with van der Waals surface area (Å²) in [5.41, 5.74) is 5.11. The molecule has 0 atom stereocenters. The first-order valence-electron chi connectivity index (χ1n) is 4.25. The van der Waals surface area contributed by atoms with Crippen LogP contribution in [0.3, 0.4) is 0 Å². The van der Waals surface area contributed by atoms with Crippen molar-refractivity contribution in [3.8, 4) is 5.88 Å². The van der Waals surface area contributed by atoms with Gasteiger partial charge in [0.1, 0.15) is 0 Å². The van der Waals surface area contributed by atoms with E-state index < -0.39 is 0 Å². The lowest BCUT2D eigenvalue weighted by molar-refractivity contribution is 0.379. The SMILES string of the molecule is COc1ccc(=O)n(C/C=C/CN)n1. The van der Waals surface area contributed by atoms with Gasteiger partial charge in [0.15, 0.2) is 0 Å². The van der Waals surface area contributed by atoms with Gasteiger partial charge in [-0.15, -0.1) is 5.10 Å². The average molecular weight is 195 g/mol. The second-order valence-corrected chi connectivity index (χ2v) is 2.60. The molecule has 1 aromatic heterocycles. The van der Waals surface area contributed by atoms with Gasteiger partial charge < -0.3 is 10.5 Å². The summed E-state index contributed by atoms with van der Waals surface area (Å²) in [6.07, 6.45) is 3.56. The topological polar surface area (TPSA) is 70.1 Å². The quantitative estimate of drug-likeness (QED) is 0.673. The Morgan fingerprint density at radius 2 is 2.36 bits per heavy atom. The van der Waals surface area contributed by atoms with E-state index in [1.807, 2.05) is 0 Å². The monoisotopic (exact) mass is 195 g/mol. The molecule has 0 amide bonds. The van der Waals surface area contributed by atoms with E-state index in [1.54, 1.807) is 12.2 Å². The molecule has 0 aliphatic heterocycles. The fourth-order valence-electron chi connectivity index (χ4n) is 0.940. The molecule has 0 saturated carbocycles. The number of ether oxygens (including phenoxy) is 1. The molecule has 0 saturated heterocycles. The number of nitrogens with two attached hydrogens (primary N) is 1. The zero-order chi connectivity index (χ0) is 10.4. The molecule has 1 aromatic rings. The second kappa shape index (κ2) is 5.18. The Labute approximate surface area is 81.8 Å². The Kier molecular flexibility index (Phi) is 3.87. The molecule has 0 unspecified atom stereocenters. The Morgan fingerprint density at radius 3 is 3.00 bits per heavy atom. The molecule has 14 heavy (non-hydrogen) atoms. The Bertz CT molecular complexity index is 371. The lowest BCUT2D eigenvalue weighted by Gasteiger charge is -2.02. The smallest absolute Gasteiger partial charge is 0.267 e. The van der Waals surface area contributed by atoms with Crippen molar-refractivity contribution < 1.29 is 4.74 Å². The molecule has 1 heterocycles. The molecule has 5 heteroatoms. The fraction of sp³-hybridized carbons (Fsp3) is 0.333. The van der Waals surface area contributed by atoms with Gasteiger partial charge in [-0.25, -0.2) is 4.68 Å². The van der Waals surface area contributed by atoms with Crippen LogP contribution in [0.2, 0.25) is 0 Å². The van der Waals surface area contributed by atoms with Crippen LogP contribution in [-0.4, -0.2) is 23.4 Å². The van der Waals surface area contributed by atoms with Crippen LogP contribution < -0.4 is 16.0 Å². The second-order valence-electron chi connectivity index (χ2n) is 2.60. The highest BCUT2D eigenvalue weighted by Gasteiger charge is 1.97. The van der Waals surface area contributed by atoms with E-state index in [1.165, 1.54) is 23.9 Å². The van der Waals surface area contributed by atoms with Crippen molar-refractivity contribution in [3.63, 3.8) is 0 Å². The molecule has 5 nitrogen and oxygen atoms in total. The van der Waals surface area contributed by atoms with Gasteiger partial charge in [0, 0.05) is 18.7 Å². The molecule has 0 aliphatic carbocycles. The average Bonchev–Trinajstić information content (AvgIpc) is 2.21. The summed E-state index contributed by atoms with van der Waals surface area (Å²) in [5.74, 6) is 0.422. The number of hydrogen-bond acceptors (Lipinski definition) is 4. The molecule has 76 valence electrons. The van der Waals surface area contributed by atoms with E-state index in [9.17, 15) is 4.79 Å². The molecular formula is C9H13N3O2. The molecule has 0 radical (unpaired) electrons. The largest absolute Gasteiger partial charge is 0.480 e. The normalized spacial score (nSPS) is 10.7. The number of nitrogens with zero attached hydrogens (tertiary/aromatic N) is 2. The molecule has 1 rings (SSSR count). The number of aromatic nitrogens is 2. The molecule has 2 N–H and O–H groups in total. The van der Waals surface area contributed by atoms with E-state index in [2.05, 4.69) is 5.10 Å². The van der Waals surface area contributed by atoms with Crippen molar-refractivity contribution in [3.05, 3.63) is 34.6 Å². The van der Waals surface area contributed by atoms with E-state index in [-0.39, 0.29) is 5.56 Å². The maximum Gasteiger partial charge on any atom is 0.267 e. The zero-order valence-electron chi connectivity index (χ0n) is 8.01. The van der Waals surface area contributed by atoms with Crippen molar-refractivity contribution in [2.45, 2.75) is 6.54 Å². The predicted molar refractivity (Wildman–Crippen MR) is 53.2 cm³/mol. The van der Waals surface area contributed by atoms with Crippen molar-refractivity contribution in [2.24, 2.45) is 5.73 Å². The third-order valence-electron chi connectivity index (χ3n) is 1.63. The van der Waals surface area contributed by atoms with Gasteiger partial charge in [-0.1, -0.05) is 12.2 Å². The molecule has 0 aromatic carbocycles.